The van der Waals surface area contributed by atoms with Crippen molar-refractivity contribution in [3.8, 4) is 5.75 Å². The standard InChI is InChI=1S/C17H25F2NO5Si/c1-17(2,3)26(4,5)25-11(9-20-16(23)24)8-14(21)12-6-10(18)7-13(19)15(12)22/h6-7,11,20,22H,8-9H2,1-5H3,(H,23,24)/t11-/m1/s1. The summed E-state index contributed by atoms with van der Waals surface area (Å²) in [5.74, 6) is -3.90. The molecule has 1 aromatic carbocycles. The van der Waals surface area contributed by atoms with Crippen LogP contribution in [0.3, 0.4) is 0 Å². The van der Waals surface area contributed by atoms with Crippen LogP contribution in [0.4, 0.5) is 13.6 Å². The third kappa shape index (κ3) is 5.77. The molecule has 0 aliphatic carbocycles. The number of carbonyl (C=O) groups is 2. The Morgan fingerprint density at radius 1 is 1.27 bits per heavy atom. The van der Waals surface area contributed by atoms with E-state index >= 15 is 0 Å². The van der Waals surface area contributed by atoms with Gasteiger partial charge in [-0.1, -0.05) is 20.8 Å². The summed E-state index contributed by atoms with van der Waals surface area (Å²) in [4.78, 5) is 23.2. The van der Waals surface area contributed by atoms with Crippen LogP contribution in [-0.2, 0) is 4.43 Å². The van der Waals surface area contributed by atoms with Gasteiger partial charge in [-0.3, -0.25) is 4.79 Å². The zero-order chi connectivity index (χ0) is 20.3. The van der Waals surface area contributed by atoms with E-state index in [9.17, 15) is 23.5 Å². The van der Waals surface area contributed by atoms with Gasteiger partial charge in [0.2, 0.25) is 0 Å². The van der Waals surface area contributed by atoms with Crippen LogP contribution < -0.4 is 5.32 Å². The van der Waals surface area contributed by atoms with E-state index in [1.165, 1.54) is 0 Å². The van der Waals surface area contributed by atoms with Crippen molar-refractivity contribution in [2.45, 2.75) is 51.4 Å². The van der Waals surface area contributed by atoms with Crippen molar-refractivity contribution in [2.75, 3.05) is 6.54 Å². The Labute approximate surface area is 152 Å². The van der Waals surface area contributed by atoms with E-state index in [4.69, 9.17) is 9.53 Å². The van der Waals surface area contributed by atoms with Crippen molar-refractivity contribution in [1.29, 1.82) is 0 Å². The van der Waals surface area contributed by atoms with Gasteiger partial charge >= 0.3 is 6.09 Å². The molecule has 26 heavy (non-hydrogen) atoms. The average Bonchev–Trinajstić information content (AvgIpc) is 2.46. The van der Waals surface area contributed by atoms with Gasteiger partial charge < -0.3 is 20.0 Å². The van der Waals surface area contributed by atoms with E-state index < -0.39 is 49.2 Å². The van der Waals surface area contributed by atoms with Gasteiger partial charge in [0.1, 0.15) is 5.82 Å². The molecule has 9 heteroatoms. The minimum atomic E-state index is -2.34. The van der Waals surface area contributed by atoms with Crippen molar-refractivity contribution in [3.63, 3.8) is 0 Å². The number of hydrogen-bond acceptors (Lipinski definition) is 4. The van der Waals surface area contributed by atoms with Crippen LogP contribution in [0.15, 0.2) is 12.1 Å². The number of hydrogen-bond donors (Lipinski definition) is 3. The number of Topliss-reactive ketones (excluding diaryl/α,β-unsaturated/α-hetero) is 1. The maximum Gasteiger partial charge on any atom is 0.404 e. The van der Waals surface area contributed by atoms with Crippen molar-refractivity contribution in [3.05, 3.63) is 29.3 Å². The fraction of sp³-hybridized carbons (Fsp3) is 0.529. The highest BCUT2D eigenvalue weighted by molar-refractivity contribution is 6.74. The highest BCUT2D eigenvalue weighted by Gasteiger charge is 2.39. The van der Waals surface area contributed by atoms with Gasteiger partial charge in [0.05, 0.1) is 11.7 Å². The molecule has 1 amide bonds. The number of amides is 1. The largest absolute Gasteiger partial charge is 0.504 e. The van der Waals surface area contributed by atoms with Crippen LogP contribution in [0.25, 0.3) is 0 Å². The maximum atomic E-state index is 13.5. The Bertz CT molecular complexity index is 688. The van der Waals surface area contributed by atoms with Crippen LogP contribution in [0.1, 0.15) is 37.6 Å². The molecule has 1 aromatic rings. The minimum Gasteiger partial charge on any atom is -0.504 e. The van der Waals surface area contributed by atoms with Gasteiger partial charge in [0.25, 0.3) is 0 Å². The van der Waals surface area contributed by atoms with Crippen molar-refractivity contribution < 1.29 is 33.0 Å². The minimum absolute atomic E-state index is 0.161. The molecule has 0 bridgehead atoms. The lowest BCUT2D eigenvalue weighted by molar-refractivity contribution is 0.0883. The number of nitrogens with one attached hydrogen (secondary N) is 1. The van der Waals surface area contributed by atoms with Gasteiger partial charge in [0, 0.05) is 19.0 Å². The van der Waals surface area contributed by atoms with E-state index in [0.717, 1.165) is 6.07 Å². The predicted molar refractivity (Wildman–Crippen MR) is 95.1 cm³/mol. The Kier molecular flexibility index (Phi) is 6.89. The summed E-state index contributed by atoms with van der Waals surface area (Å²) < 4.78 is 32.9. The topological polar surface area (TPSA) is 95.9 Å². The number of carboxylic acid groups (broad SMARTS) is 1. The number of phenols is 1. The van der Waals surface area contributed by atoms with Gasteiger partial charge in [-0.2, -0.15) is 0 Å². The molecule has 6 nitrogen and oxygen atoms in total. The Morgan fingerprint density at radius 3 is 2.35 bits per heavy atom. The molecule has 0 aliphatic heterocycles. The first-order valence-electron chi connectivity index (χ1n) is 8.10. The van der Waals surface area contributed by atoms with Gasteiger partial charge in [0.15, 0.2) is 25.7 Å². The Hall–Kier alpha value is -2.00. The Morgan fingerprint density at radius 2 is 1.85 bits per heavy atom. The molecule has 1 rings (SSSR count). The molecule has 0 radical (unpaired) electrons. The molecule has 0 spiro atoms. The molecule has 0 aromatic heterocycles. The molecule has 0 saturated heterocycles. The fourth-order valence-corrected chi connectivity index (χ4v) is 3.40. The molecule has 0 saturated carbocycles. The third-order valence-electron chi connectivity index (χ3n) is 4.49. The summed E-state index contributed by atoms with van der Waals surface area (Å²) in [5, 5.41) is 20.5. The van der Waals surface area contributed by atoms with E-state index in [-0.39, 0.29) is 18.0 Å². The van der Waals surface area contributed by atoms with Crippen LogP contribution in [0.5, 0.6) is 5.75 Å². The lowest BCUT2D eigenvalue weighted by Gasteiger charge is -2.39. The average molecular weight is 389 g/mol. The second-order valence-corrected chi connectivity index (χ2v) is 12.4. The summed E-state index contributed by atoms with van der Waals surface area (Å²) in [6, 6.07) is 1.22. The predicted octanol–water partition coefficient (Wildman–Crippen LogP) is 3.90. The number of carbonyl (C=O) groups excluding carboxylic acids is 1. The molecule has 0 aliphatic rings. The second-order valence-electron chi connectivity index (χ2n) is 7.60. The third-order valence-corrected chi connectivity index (χ3v) is 9.03. The first-order chi connectivity index (χ1) is 11.7. The van der Waals surface area contributed by atoms with Crippen molar-refractivity contribution in [2.24, 2.45) is 0 Å². The summed E-state index contributed by atoms with van der Waals surface area (Å²) in [7, 11) is -2.34. The van der Waals surface area contributed by atoms with E-state index in [0.29, 0.717) is 6.07 Å². The molecular weight excluding hydrogens is 364 g/mol. The highest BCUT2D eigenvalue weighted by atomic mass is 28.4. The van der Waals surface area contributed by atoms with E-state index in [1.54, 1.807) is 0 Å². The van der Waals surface area contributed by atoms with Crippen LogP contribution >= 0.6 is 0 Å². The van der Waals surface area contributed by atoms with E-state index in [1.807, 2.05) is 33.9 Å². The van der Waals surface area contributed by atoms with Crippen LogP contribution in [0.2, 0.25) is 18.1 Å². The van der Waals surface area contributed by atoms with Gasteiger partial charge in [-0.15, -0.1) is 0 Å². The molecular formula is C17H25F2NO5Si. The zero-order valence-corrected chi connectivity index (χ0v) is 16.5. The number of ketones is 1. The molecule has 0 unspecified atom stereocenters. The number of benzene rings is 1. The number of rotatable bonds is 7. The number of aromatic hydroxyl groups is 1. The highest BCUT2D eigenvalue weighted by Crippen LogP contribution is 2.37. The molecule has 1 atom stereocenters. The number of halogens is 2. The Balaban J connectivity index is 3.05. The molecule has 0 heterocycles. The SMILES string of the molecule is CC(C)(C)[Si](C)(C)O[C@@H](CNC(=O)O)CC(=O)c1cc(F)cc(F)c1O. The first-order valence-corrected chi connectivity index (χ1v) is 11.0. The summed E-state index contributed by atoms with van der Waals surface area (Å²) in [6.07, 6.45) is -2.44. The summed E-state index contributed by atoms with van der Waals surface area (Å²) >= 11 is 0. The lowest BCUT2D eigenvalue weighted by atomic mass is 10.0. The molecule has 146 valence electrons. The zero-order valence-electron chi connectivity index (χ0n) is 15.5. The summed E-state index contributed by atoms with van der Waals surface area (Å²) in [5.41, 5.74) is -0.498. The smallest absolute Gasteiger partial charge is 0.404 e. The molecule has 0 fully saturated rings. The quantitative estimate of drug-likeness (QED) is 0.485. The maximum absolute atomic E-state index is 13.5. The first kappa shape index (κ1) is 22.0. The van der Waals surface area contributed by atoms with Gasteiger partial charge in [-0.25, -0.2) is 13.6 Å². The van der Waals surface area contributed by atoms with E-state index in [2.05, 4.69) is 5.32 Å². The lowest BCUT2D eigenvalue weighted by Crippen LogP contribution is -2.47. The van der Waals surface area contributed by atoms with Gasteiger partial charge in [-0.05, 0) is 24.2 Å². The number of phenolic OH excluding ortho intramolecular Hbond substituents is 1. The second kappa shape index (κ2) is 8.13. The van der Waals surface area contributed by atoms with Crippen molar-refractivity contribution in [1.82, 2.24) is 5.32 Å². The summed E-state index contributed by atoms with van der Waals surface area (Å²) in [6.45, 7) is 9.66. The molecule has 3 N–H and O–H groups in total. The normalized spacial score (nSPS) is 13.3. The van der Waals surface area contributed by atoms with Crippen LogP contribution in [0, 0.1) is 11.6 Å². The van der Waals surface area contributed by atoms with Crippen LogP contribution in [-0.4, -0.2) is 43.1 Å². The van der Waals surface area contributed by atoms with Crippen molar-refractivity contribution >= 4 is 20.2 Å². The fourth-order valence-electron chi connectivity index (χ4n) is 2.05. The monoisotopic (exact) mass is 389 g/mol.